The highest BCUT2D eigenvalue weighted by Gasteiger charge is 2.16. The Morgan fingerprint density at radius 1 is 1.67 bits per heavy atom. The van der Waals surface area contributed by atoms with Crippen LogP contribution in [0.25, 0.3) is 0 Å². The van der Waals surface area contributed by atoms with E-state index in [9.17, 15) is 4.79 Å². The van der Waals surface area contributed by atoms with Gasteiger partial charge < -0.3 is 5.11 Å². The van der Waals surface area contributed by atoms with Crippen LogP contribution in [-0.2, 0) is 4.79 Å². The molecule has 0 bridgehead atoms. The highest BCUT2D eigenvalue weighted by atomic mass is 16.3. The molecule has 1 N–H and O–H groups in total. The van der Waals surface area contributed by atoms with Gasteiger partial charge in [0.2, 0.25) is 0 Å². The number of carbonyl (C=O) groups excluding carboxylic acids is 1. The van der Waals surface area contributed by atoms with Gasteiger partial charge in [-0.3, -0.25) is 4.79 Å². The van der Waals surface area contributed by atoms with Crippen LogP contribution in [0.5, 0.6) is 0 Å². The standard InChI is InChI=1S/C7H14O2/c1-4-7(5(2)8)6(3)9/h5,7-8H,4H2,1-3H3/t5-,7-/m0/s1. The van der Waals surface area contributed by atoms with Crippen molar-refractivity contribution in [2.24, 2.45) is 5.92 Å². The van der Waals surface area contributed by atoms with Crippen molar-refractivity contribution in [1.82, 2.24) is 0 Å². The third kappa shape index (κ3) is 2.61. The Hall–Kier alpha value is -0.370. The largest absolute Gasteiger partial charge is 0.393 e. The van der Waals surface area contributed by atoms with Crippen molar-refractivity contribution in [3.63, 3.8) is 0 Å². The predicted molar refractivity (Wildman–Crippen MR) is 36.1 cm³/mol. The maximum Gasteiger partial charge on any atom is 0.135 e. The number of carbonyl (C=O) groups is 1. The number of aliphatic hydroxyl groups is 1. The smallest absolute Gasteiger partial charge is 0.135 e. The topological polar surface area (TPSA) is 37.3 Å². The van der Waals surface area contributed by atoms with Gasteiger partial charge in [0, 0.05) is 5.92 Å². The number of hydrogen-bond acceptors (Lipinski definition) is 2. The maximum atomic E-state index is 10.7. The van der Waals surface area contributed by atoms with Gasteiger partial charge in [-0.1, -0.05) is 6.92 Å². The summed E-state index contributed by atoms with van der Waals surface area (Å²) in [5.41, 5.74) is 0. The molecule has 54 valence electrons. The number of rotatable bonds is 3. The van der Waals surface area contributed by atoms with Gasteiger partial charge in [0.15, 0.2) is 0 Å². The zero-order valence-electron chi connectivity index (χ0n) is 6.22. The molecule has 9 heavy (non-hydrogen) atoms. The molecule has 0 saturated carbocycles. The van der Waals surface area contributed by atoms with E-state index in [1.165, 1.54) is 6.92 Å². The molecule has 0 radical (unpaired) electrons. The zero-order chi connectivity index (χ0) is 7.44. The van der Waals surface area contributed by atoms with Crippen LogP contribution in [-0.4, -0.2) is 17.0 Å². The van der Waals surface area contributed by atoms with Crippen LogP contribution in [0.3, 0.4) is 0 Å². The van der Waals surface area contributed by atoms with Crippen LogP contribution in [0.1, 0.15) is 27.2 Å². The summed E-state index contributed by atoms with van der Waals surface area (Å²) in [5.74, 6) is -0.0856. The van der Waals surface area contributed by atoms with Gasteiger partial charge in [-0.05, 0) is 20.3 Å². The number of Topliss-reactive ketones (excluding diaryl/α,β-unsaturated/α-hetero) is 1. The summed E-state index contributed by atoms with van der Waals surface area (Å²) in [5, 5.41) is 8.96. The average molecular weight is 130 g/mol. The van der Waals surface area contributed by atoms with Crippen molar-refractivity contribution in [1.29, 1.82) is 0 Å². The molecule has 0 spiro atoms. The van der Waals surface area contributed by atoms with Crippen LogP contribution in [0, 0.1) is 5.92 Å². The molecule has 0 aromatic heterocycles. The molecular weight excluding hydrogens is 116 g/mol. The quantitative estimate of drug-likeness (QED) is 0.618. The van der Waals surface area contributed by atoms with E-state index < -0.39 is 6.10 Å². The van der Waals surface area contributed by atoms with Gasteiger partial charge in [-0.2, -0.15) is 0 Å². The minimum Gasteiger partial charge on any atom is -0.393 e. The highest BCUT2D eigenvalue weighted by Crippen LogP contribution is 2.08. The summed E-state index contributed by atoms with van der Waals surface area (Å²) in [6.45, 7) is 5.06. The lowest BCUT2D eigenvalue weighted by Crippen LogP contribution is -2.22. The van der Waals surface area contributed by atoms with Crippen molar-refractivity contribution < 1.29 is 9.90 Å². The summed E-state index contributed by atoms with van der Waals surface area (Å²) < 4.78 is 0. The summed E-state index contributed by atoms with van der Waals surface area (Å²) in [4.78, 5) is 10.7. The minimum absolute atomic E-state index is 0.0764. The molecule has 0 aromatic carbocycles. The molecule has 2 nitrogen and oxygen atoms in total. The second-order valence-electron chi connectivity index (χ2n) is 2.37. The third-order valence-electron chi connectivity index (χ3n) is 1.54. The molecule has 2 heteroatoms. The Labute approximate surface area is 55.9 Å². The fourth-order valence-corrected chi connectivity index (χ4v) is 0.968. The van der Waals surface area contributed by atoms with E-state index in [1.807, 2.05) is 6.92 Å². The van der Waals surface area contributed by atoms with Gasteiger partial charge in [-0.25, -0.2) is 0 Å². The van der Waals surface area contributed by atoms with Gasteiger partial charge in [0.25, 0.3) is 0 Å². The molecule has 0 aliphatic rings. The van der Waals surface area contributed by atoms with Crippen molar-refractivity contribution >= 4 is 5.78 Å². The van der Waals surface area contributed by atoms with Gasteiger partial charge in [0.05, 0.1) is 6.10 Å². The summed E-state index contributed by atoms with van der Waals surface area (Å²) in [7, 11) is 0. The van der Waals surface area contributed by atoms with E-state index in [-0.39, 0.29) is 11.7 Å². The molecule has 0 aliphatic heterocycles. The SMILES string of the molecule is CC[C@H](C(C)=O)[C@H](C)O. The molecule has 0 amide bonds. The summed E-state index contributed by atoms with van der Waals surface area (Å²) >= 11 is 0. The molecular formula is C7H14O2. The Balaban J connectivity index is 3.83. The lowest BCUT2D eigenvalue weighted by atomic mass is 9.97. The van der Waals surface area contributed by atoms with Crippen LogP contribution in [0.4, 0.5) is 0 Å². The minimum atomic E-state index is -0.493. The third-order valence-corrected chi connectivity index (χ3v) is 1.54. The van der Waals surface area contributed by atoms with Gasteiger partial charge >= 0.3 is 0 Å². The normalized spacial score (nSPS) is 16.9. The highest BCUT2D eigenvalue weighted by molar-refractivity contribution is 5.78. The Morgan fingerprint density at radius 3 is 2.11 bits per heavy atom. The zero-order valence-corrected chi connectivity index (χ0v) is 6.22. The first kappa shape index (κ1) is 8.63. The second kappa shape index (κ2) is 3.62. The molecule has 0 fully saturated rings. The number of hydrogen-bond donors (Lipinski definition) is 1. The van der Waals surface area contributed by atoms with E-state index in [1.54, 1.807) is 6.92 Å². The Kier molecular flexibility index (Phi) is 3.47. The van der Waals surface area contributed by atoms with E-state index in [0.29, 0.717) is 0 Å². The molecule has 0 saturated heterocycles. The number of aliphatic hydroxyl groups excluding tert-OH is 1. The van der Waals surface area contributed by atoms with Crippen LogP contribution >= 0.6 is 0 Å². The van der Waals surface area contributed by atoms with Crippen molar-refractivity contribution in [2.75, 3.05) is 0 Å². The van der Waals surface area contributed by atoms with Crippen LogP contribution in [0.15, 0.2) is 0 Å². The van der Waals surface area contributed by atoms with Crippen LogP contribution < -0.4 is 0 Å². The molecule has 0 heterocycles. The molecule has 0 unspecified atom stereocenters. The monoisotopic (exact) mass is 130 g/mol. The first-order valence-corrected chi connectivity index (χ1v) is 3.28. The molecule has 0 aliphatic carbocycles. The van der Waals surface area contributed by atoms with Crippen molar-refractivity contribution in [3.8, 4) is 0 Å². The van der Waals surface area contributed by atoms with E-state index in [0.717, 1.165) is 6.42 Å². The summed E-state index contributed by atoms with van der Waals surface area (Å²) in [6.07, 6.45) is 0.236. The first-order chi connectivity index (χ1) is 4.09. The summed E-state index contributed by atoms with van der Waals surface area (Å²) in [6, 6.07) is 0. The molecule has 0 rings (SSSR count). The lowest BCUT2D eigenvalue weighted by Gasteiger charge is -2.13. The van der Waals surface area contributed by atoms with E-state index in [4.69, 9.17) is 5.11 Å². The van der Waals surface area contributed by atoms with Crippen LogP contribution in [0.2, 0.25) is 0 Å². The maximum absolute atomic E-state index is 10.7. The fraction of sp³-hybridized carbons (Fsp3) is 0.857. The van der Waals surface area contributed by atoms with Gasteiger partial charge in [0.1, 0.15) is 5.78 Å². The lowest BCUT2D eigenvalue weighted by molar-refractivity contribution is -0.123. The van der Waals surface area contributed by atoms with Crippen molar-refractivity contribution in [3.05, 3.63) is 0 Å². The predicted octanol–water partition coefficient (Wildman–Crippen LogP) is 0.982. The Bertz CT molecular complexity index is 97.1. The average Bonchev–Trinajstić information content (AvgIpc) is 1.64. The molecule has 2 atom stereocenters. The Morgan fingerprint density at radius 2 is 2.11 bits per heavy atom. The van der Waals surface area contributed by atoms with E-state index in [2.05, 4.69) is 0 Å². The fourth-order valence-electron chi connectivity index (χ4n) is 0.968. The number of ketones is 1. The first-order valence-electron chi connectivity index (χ1n) is 3.28. The second-order valence-corrected chi connectivity index (χ2v) is 2.37. The van der Waals surface area contributed by atoms with Crippen molar-refractivity contribution in [2.45, 2.75) is 33.3 Å². The van der Waals surface area contributed by atoms with Gasteiger partial charge in [-0.15, -0.1) is 0 Å². The molecule has 0 aromatic rings. The van der Waals surface area contributed by atoms with E-state index >= 15 is 0 Å².